The summed E-state index contributed by atoms with van der Waals surface area (Å²) in [5, 5.41) is 36.9. The fourth-order valence-electron chi connectivity index (χ4n) is 5.89. The maximum absolute atomic E-state index is 12.9. The molecule has 0 unspecified atom stereocenters. The van der Waals surface area contributed by atoms with Crippen LogP contribution in [0.3, 0.4) is 0 Å². The molecule has 0 amide bonds. The van der Waals surface area contributed by atoms with Gasteiger partial charge in [-0.2, -0.15) is 5.26 Å². The van der Waals surface area contributed by atoms with Gasteiger partial charge in [-0.15, -0.1) is 0 Å². The second-order valence-electron chi connectivity index (χ2n) is 8.90. The standard InChI is InChI=1S/C27H26FN3O4/c1-34-21-15-31-16-22-24(21)26(33)25(32)20(14-30-12-11-28)23(18-5-3-2-4-6-18)27(26,35-22)19-9-7-17(13-29)8-10-19/h2-10,15-16,20,23,25,30,32-33H,11-12,14H2,1H3/t20-,23-,25-,26+,27+/m1/s1. The van der Waals surface area contributed by atoms with Crippen molar-refractivity contribution in [2.45, 2.75) is 23.2 Å². The van der Waals surface area contributed by atoms with Crippen molar-refractivity contribution in [3.05, 3.63) is 89.2 Å². The molecule has 35 heavy (non-hydrogen) atoms. The number of ether oxygens (including phenoxy) is 2. The number of pyridine rings is 1. The lowest BCUT2D eigenvalue weighted by Crippen LogP contribution is -2.52. The molecule has 1 saturated carbocycles. The molecule has 0 bridgehead atoms. The van der Waals surface area contributed by atoms with E-state index >= 15 is 0 Å². The van der Waals surface area contributed by atoms with Crippen molar-refractivity contribution in [1.82, 2.24) is 10.3 Å². The first-order valence-electron chi connectivity index (χ1n) is 11.5. The van der Waals surface area contributed by atoms with Crippen LogP contribution in [0, 0.1) is 17.2 Å². The Kier molecular flexibility index (Phi) is 5.93. The molecular weight excluding hydrogens is 449 g/mol. The number of nitrogens with one attached hydrogen (secondary N) is 1. The normalized spacial score (nSPS) is 28.6. The average molecular weight is 476 g/mol. The second kappa shape index (κ2) is 8.93. The highest BCUT2D eigenvalue weighted by molar-refractivity contribution is 5.59. The van der Waals surface area contributed by atoms with E-state index in [0.717, 1.165) is 5.56 Å². The van der Waals surface area contributed by atoms with Crippen molar-refractivity contribution < 1.29 is 24.1 Å². The van der Waals surface area contributed by atoms with E-state index in [1.807, 2.05) is 30.3 Å². The van der Waals surface area contributed by atoms with Crippen molar-refractivity contribution in [1.29, 1.82) is 5.26 Å². The summed E-state index contributed by atoms with van der Waals surface area (Å²) in [7, 11) is 1.47. The molecule has 0 spiro atoms. The second-order valence-corrected chi connectivity index (χ2v) is 8.90. The van der Waals surface area contributed by atoms with Crippen LogP contribution in [0.4, 0.5) is 4.39 Å². The minimum Gasteiger partial charge on any atom is -0.495 e. The third-order valence-corrected chi connectivity index (χ3v) is 7.27. The van der Waals surface area contributed by atoms with Gasteiger partial charge in [0.2, 0.25) is 0 Å². The molecule has 2 heterocycles. The number of aliphatic hydroxyl groups is 2. The molecular formula is C27H26FN3O4. The summed E-state index contributed by atoms with van der Waals surface area (Å²) in [6.45, 7) is -0.183. The van der Waals surface area contributed by atoms with E-state index in [1.165, 1.54) is 19.5 Å². The molecule has 8 heteroatoms. The van der Waals surface area contributed by atoms with Gasteiger partial charge in [-0.3, -0.25) is 4.98 Å². The predicted molar refractivity (Wildman–Crippen MR) is 126 cm³/mol. The van der Waals surface area contributed by atoms with Crippen LogP contribution < -0.4 is 14.8 Å². The summed E-state index contributed by atoms with van der Waals surface area (Å²) in [5.41, 5.74) is -1.17. The highest BCUT2D eigenvalue weighted by Crippen LogP contribution is 2.69. The summed E-state index contributed by atoms with van der Waals surface area (Å²) in [6.07, 6.45) is 1.69. The van der Waals surface area contributed by atoms with Gasteiger partial charge < -0.3 is 25.0 Å². The van der Waals surface area contributed by atoms with Gasteiger partial charge in [0.15, 0.2) is 11.2 Å². The number of methoxy groups -OCH3 is 1. The third kappa shape index (κ3) is 3.23. The monoisotopic (exact) mass is 475 g/mol. The Morgan fingerprint density at radius 3 is 2.57 bits per heavy atom. The Balaban J connectivity index is 1.80. The van der Waals surface area contributed by atoms with Gasteiger partial charge >= 0.3 is 0 Å². The molecule has 180 valence electrons. The molecule has 3 aromatic rings. The zero-order valence-electron chi connectivity index (χ0n) is 19.2. The summed E-state index contributed by atoms with van der Waals surface area (Å²) in [4.78, 5) is 4.20. The largest absolute Gasteiger partial charge is 0.495 e. The van der Waals surface area contributed by atoms with E-state index in [2.05, 4.69) is 16.4 Å². The molecule has 0 saturated heterocycles. The predicted octanol–water partition coefficient (Wildman–Crippen LogP) is 2.77. The zero-order chi connectivity index (χ0) is 24.6. The average Bonchev–Trinajstić information content (AvgIpc) is 3.28. The van der Waals surface area contributed by atoms with E-state index < -0.39 is 35.8 Å². The van der Waals surface area contributed by atoms with E-state index in [-0.39, 0.29) is 13.1 Å². The quantitative estimate of drug-likeness (QED) is 0.451. The number of aromatic nitrogens is 1. The Morgan fingerprint density at radius 1 is 1.17 bits per heavy atom. The number of aliphatic hydroxyl groups excluding tert-OH is 1. The number of nitriles is 1. The van der Waals surface area contributed by atoms with Gasteiger partial charge in [-0.05, 0) is 23.3 Å². The number of fused-ring (bicyclic) bond motifs is 3. The molecule has 0 radical (unpaired) electrons. The number of rotatable bonds is 7. The minimum atomic E-state index is -1.92. The van der Waals surface area contributed by atoms with Gasteiger partial charge in [0, 0.05) is 24.9 Å². The minimum absolute atomic E-state index is 0.123. The Labute approximate surface area is 202 Å². The van der Waals surface area contributed by atoms with Crippen molar-refractivity contribution in [2.24, 2.45) is 5.92 Å². The molecule has 5 atom stereocenters. The number of nitrogens with zero attached hydrogens (tertiary/aromatic N) is 2. The summed E-state index contributed by atoms with van der Waals surface area (Å²) in [6, 6.07) is 18.5. The fraction of sp³-hybridized carbons (Fsp3) is 0.333. The molecule has 1 fully saturated rings. The van der Waals surface area contributed by atoms with Crippen LogP contribution in [0.2, 0.25) is 0 Å². The number of alkyl halides is 1. The van der Waals surface area contributed by atoms with Crippen LogP contribution in [0.5, 0.6) is 11.5 Å². The number of hydrogen-bond acceptors (Lipinski definition) is 7. The lowest BCUT2D eigenvalue weighted by atomic mass is 9.70. The lowest BCUT2D eigenvalue weighted by Gasteiger charge is -2.41. The maximum Gasteiger partial charge on any atom is 0.177 e. The third-order valence-electron chi connectivity index (χ3n) is 7.27. The number of hydrogen-bond donors (Lipinski definition) is 3. The lowest BCUT2D eigenvalue weighted by molar-refractivity contribution is -0.152. The Hall–Kier alpha value is -3.51. The zero-order valence-corrected chi connectivity index (χ0v) is 19.2. The van der Waals surface area contributed by atoms with Crippen molar-refractivity contribution in [3.8, 4) is 17.6 Å². The topological polar surface area (TPSA) is 108 Å². The highest BCUT2D eigenvalue weighted by Gasteiger charge is 2.76. The van der Waals surface area contributed by atoms with E-state index in [9.17, 15) is 19.9 Å². The van der Waals surface area contributed by atoms with Gasteiger partial charge in [0.1, 0.15) is 18.2 Å². The van der Waals surface area contributed by atoms with E-state index in [4.69, 9.17) is 9.47 Å². The summed E-state index contributed by atoms with van der Waals surface area (Å²) >= 11 is 0. The van der Waals surface area contributed by atoms with Gasteiger partial charge in [-0.25, -0.2) is 4.39 Å². The Morgan fingerprint density at radius 2 is 1.91 bits per heavy atom. The Bertz CT molecular complexity index is 1250. The highest BCUT2D eigenvalue weighted by atomic mass is 19.1. The number of halogens is 1. The van der Waals surface area contributed by atoms with E-state index in [0.29, 0.717) is 28.2 Å². The molecule has 1 aliphatic carbocycles. The van der Waals surface area contributed by atoms with Crippen LogP contribution in [0.15, 0.2) is 67.0 Å². The van der Waals surface area contributed by atoms with Crippen LogP contribution in [0.25, 0.3) is 0 Å². The molecule has 1 aromatic heterocycles. The first-order chi connectivity index (χ1) is 17.0. The summed E-state index contributed by atoms with van der Waals surface area (Å²) in [5.74, 6) is -0.480. The molecule has 7 nitrogen and oxygen atoms in total. The van der Waals surface area contributed by atoms with Crippen LogP contribution in [-0.2, 0) is 11.2 Å². The first kappa shape index (κ1) is 23.2. The van der Waals surface area contributed by atoms with Gasteiger partial charge in [-0.1, -0.05) is 42.5 Å². The van der Waals surface area contributed by atoms with Crippen molar-refractivity contribution in [3.63, 3.8) is 0 Å². The van der Waals surface area contributed by atoms with Crippen LogP contribution in [-0.4, -0.2) is 48.2 Å². The maximum atomic E-state index is 12.9. The van der Waals surface area contributed by atoms with Crippen molar-refractivity contribution >= 4 is 0 Å². The summed E-state index contributed by atoms with van der Waals surface area (Å²) < 4.78 is 25.2. The van der Waals surface area contributed by atoms with E-state index in [1.54, 1.807) is 24.3 Å². The molecule has 1 aliphatic heterocycles. The molecule has 2 aliphatic rings. The molecule has 3 N–H and O–H groups in total. The van der Waals surface area contributed by atoms with Gasteiger partial charge in [0.05, 0.1) is 42.8 Å². The SMILES string of the molecule is COc1cncc2c1[C@]1(O)[C@H](O)[C@H](CNCCF)[C@@H](c3ccccc3)[C@]1(c1ccc(C#N)cc1)O2. The molecule has 5 rings (SSSR count). The van der Waals surface area contributed by atoms with Crippen LogP contribution >= 0.6 is 0 Å². The first-order valence-corrected chi connectivity index (χ1v) is 11.5. The van der Waals surface area contributed by atoms with Crippen LogP contribution in [0.1, 0.15) is 28.2 Å². The number of benzene rings is 2. The molecule has 2 aromatic carbocycles. The fourth-order valence-corrected chi connectivity index (χ4v) is 5.89. The van der Waals surface area contributed by atoms with Gasteiger partial charge in [0.25, 0.3) is 0 Å². The van der Waals surface area contributed by atoms with Crippen molar-refractivity contribution in [2.75, 3.05) is 26.9 Å². The smallest absolute Gasteiger partial charge is 0.177 e.